The molecule has 1 unspecified atom stereocenters. The van der Waals surface area contributed by atoms with Crippen LogP contribution in [-0.2, 0) is 12.8 Å². The zero-order valence-electron chi connectivity index (χ0n) is 13.7. The Kier molecular flexibility index (Phi) is 2.97. The minimum absolute atomic E-state index is 0.712. The lowest BCUT2D eigenvalue weighted by atomic mass is 9.89. The van der Waals surface area contributed by atoms with Crippen molar-refractivity contribution in [3.05, 3.63) is 40.8 Å². The van der Waals surface area contributed by atoms with Gasteiger partial charge in [0.1, 0.15) is 10.7 Å². The van der Waals surface area contributed by atoms with Gasteiger partial charge in [0.25, 0.3) is 0 Å². The summed E-state index contributed by atoms with van der Waals surface area (Å²) in [5.41, 5.74) is 3.31. The van der Waals surface area contributed by atoms with Gasteiger partial charge in [0.05, 0.1) is 5.39 Å². The van der Waals surface area contributed by atoms with E-state index in [0.29, 0.717) is 5.82 Å². The molecule has 4 heterocycles. The Morgan fingerprint density at radius 1 is 1.29 bits per heavy atom. The Hall–Kier alpha value is -2.34. The predicted octanol–water partition coefficient (Wildman–Crippen LogP) is 3.83. The summed E-state index contributed by atoms with van der Waals surface area (Å²) in [6, 6.07) is 3.91. The van der Waals surface area contributed by atoms with Gasteiger partial charge in [-0.2, -0.15) is 4.52 Å². The number of thiophene rings is 1. The summed E-state index contributed by atoms with van der Waals surface area (Å²) in [6.07, 6.45) is 7.11. The standard InChI is InChI=1S/C18H17N5S/c1-10-5-6-14-13(8-10)15-17-21-16(12-4-3-7-19-9-12)22-23(17)11(2)20-18(15)24-14/h3-4,7,9-10H,5-6,8H2,1-2H3. The van der Waals surface area contributed by atoms with Gasteiger partial charge in [0.2, 0.25) is 0 Å². The summed E-state index contributed by atoms with van der Waals surface area (Å²) < 4.78 is 1.89. The maximum atomic E-state index is 4.86. The third-order valence-electron chi connectivity index (χ3n) is 4.81. The van der Waals surface area contributed by atoms with Crippen LogP contribution in [0.3, 0.4) is 0 Å². The van der Waals surface area contributed by atoms with E-state index < -0.39 is 0 Å². The van der Waals surface area contributed by atoms with Crippen molar-refractivity contribution < 1.29 is 0 Å². The summed E-state index contributed by atoms with van der Waals surface area (Å²) in [6.45, 7) is 4.33. The van der Waals surface area contributed by atoms with Gasteiger partial charge < -0.3 is 0 Å². The first-order valence-corrected chi connectivity index (χ1v) is 9.10. The lowest BCUT2D eigenvalue weighted by molar-refractivity contribution is 0.508. The Labute approximate surface area is 143 Å². The van der Waals surface area contributed by atoms with Crippen molar-refractivity contribution in [2.45, 2.75) is 33.1 Å². The molecule has 24 heavy (non-hydrogen) atoms. The van der Waals surface area contributed by atoms with Gasteiger partial charge in [0, 0.05) is 22.8 Å². The molecule has 6 heteroatoms. The van der Waals surface area contributed by atoms with E-state index in [-0.39, 0.29) is 0 Å². The molecule has 1 aliphatic carbocycles. The van der Waals surface area contributed by atoms with Crippen molar-refractivity contribution in [1.29, 1.82) is 0 Å². The van der Waals surface area contributed by atoms with Crippen LogP contribution in [0.4, 0.5) is 0 Å². The average Bonchev–Trinajstić information content (AvgIpc) is 3.17. The van der Waals surface area contributed by atoms with Crippen LogP contribution >= 0.6 is 11.3 Å². The van der Waals surface area contributed by atoms with E-state index in [2.05, 4.69) is 17.0 Å². The number of aromatic nitrogens is 5. The molecule has 0 saturated heterocycles. The molecule has 0 bridgehead atoms. The number of aryl methyl sites for hydroxylation is 2. The van der Waals surface area contributed by atoms with Crippen LogP contribution < -0.4 is 0 Å². The van der Waals surface area contributed by atoms with Gasteiger partial charge in [-0.3, -0.25) is 4.98 Å². The van der Waals surface area contributed by atoms with Crippen LogP contribution in [0.5, 0.6) is 0 Å². The molecule has 1 aliphatic rings. The van der Waals surface area contributed by atoms with Gasteiger partial charge in [0.15, 0.2) is 11.5 Å². The molecular weight excluding hydrogens is 318 g/mol. The normalized spacial score (nSPS) is 17.5. The van der Waals surface area contributed by atoms with E-state index in [1.165, 1.54) is 22.2 Å². The Morgan fingerprint density at radius 3 is 3.04 bits per heavy atom. The summed E-state index contributed by atoms with van der Waals surface area (Å²) in [7, 11) is 0. The highest BCUT2D eigenvalue weighted by Crippen LogP contribution is 2.39. The molecule has 0 aliphatic heterocycles. The van der Waals surface area contributed by atoms with E-state index >= 15 is 0 Å². The molecule has 0 fully saturated rings. The summed E-state index contributed by atoms with van der Waals surface area (Å²) in [4.78, 5) is 16.4. The molecule has 5 rings (SSSR count). The van der Waals surface area contributed by atoms with Crippen molar-refractivity contribution in [3.63, 3.8) is 0 Å². The molecule has 0 N–H and O–H groups in total. The van der Waals surface area contributed by atoms with Crippen molar-refractivity contribution in [1.82, 2.24) is 24.6 Å². The molecule has 0 saturated carbocycles. The van der Waals surface area contributed by atoms with Crippen molar-refractivity contribution >= 4 is 27.2 Å². The van der Waals surface area contributed by atoms with Gasteiger partial charge >= 0.3 is 0 Å². The van der Waals surface area contributed by atoms with E-state index in [1.807, 2.05) is 34.9 Å². The zero-order valence-corrected chi connectivity index (χ0v) is 14.5. The second kappa shape index (κ2) is 5.08. The molecule has 4 aromatic rings. The first kappa shape index (κ1) is 14.0. The molecule has 0 radical (unpaired) electrons. The number of nitrogens with zero attached hydrogens (tertiary/aromatic N) is 5. The fourth-order valence-electron chi connectivity index (χ4n) is 3.56. The molecule has 1 atom stereocenters. The van der Waals surface area contributed by atoms with Gasteiger partial charge in [-0.25, -0.2) is 9.97 Å². The Morgan fingerprint density at radius 2 is 2.21 bits per heavy atom. The second-order valence-corrected chi connectivity index (χ2v) is 7.69. The molecule has 120 valence electrons. The lowest BCUT2D eigenvalue weighted by Gasteiger charge is -2.17. The SMILES string of the molecule is Cc1nc2sc3c(c2c2nc(-c4cccnc4)nn12)CC(C)CC3. The first-order valence-electron chi connectivity index (χ1n) is 8.28. The van der Waals surface area contributed by atoms with Crippen LogP contribution in [0, 0.1) is 12.8 Å². The third kappa shape index (κ3) is 1.99. The average molecular weight is 335 g/mol. The van der Waals surface area contributed by atoms with Crippen molar-refractivity contribution in [2.75, 3.05) is 0 Å². The molecule has 0 aromatic carbocycles. The number of hydrogen-bond donors (Lipinski definition) is 0. The topological polar surface area (TPSA) is 56.0 Å². The molecule has 0 amide bonds. The molecule has 4 aromatic heterocycles. The number of fused-ring (bicyclic) bond motifs is 5. The van der Waals surface area contributed by atoms with Crippen molar-refractivity contribution in [3.8, 4) is 11.4 Å². The third-order valence-corrected chi connectivity index (χ3v) is 5.99. The van der Waals surface area contributed by atoms with Gasteiger partial charge in [-0.15, -0.1) is 16.4 Å². The van der Waals surface area contributed by atoms with Crippen LogP contribution in [0.1, 0.15) is 29.6 Å². The Balaban J connectivity index is 1.83. The van der Waals surface area contributed by atoms with E-state index in [9.17, 15) is 0 Å². The smallest absolute Gasteiger partial charge is 0.183 e. The quantitative estimate of drug-likeness (QED) is 0.530. The summed E-state index contributed by atoms with van der Waals surface area (Å²) >= 11 is 1.83. The second-order valence-electron chi connectivity index (χ2n) is 6.60. The van der Waals surface area contributed by atoms with Crippen LogP contribution in [0.15, 0.2) is 24.5 Å². The molecule has 0 spiro atoms. The largest absolute Gasteiger partial charge is 0.264 e. The number of pyridine rings is 1. The highest BCUT2D eigenvalue weighted by atomic mass is 32.1. The van der Waals surface area contributed by atoms with E-state index in [4.69, 9.17) is 9.97 Å². The predicted molar refractivity (Wildman–Crippen MR) is 95.3 cm³/mol. The lowest BCUT2D eigenvalue weighted by Crippen LogP contribution is -2.09. The zero-order chi connectivity index (χ0) is 16.3. The van der Waals surface area contributed by atoms with E-state index in [0.717, 1.165) is 40.6 Å². The summed E-state index contributed by atoms with van der Waals surface area (Å²) in [5.74, 6) is 2.31. The minimum Gasteiger partial charge on any atom is -0.264 e. The fraction of sp³-hybridized carbons (Fsp3) is 0.333. The van der Waals surface area contributed by atoms with Gasteiger partial charge in [-0.1, -0.05) is 6.92 Å². The van der Waals surface area contributed by atoms with Crippen LogP contribution in [-0.4, -0.2) is 24.6 Å². The van der Waals surface area contributed by atoms with Crippen molar-refractivity contribution in [2.24, 2.45) is 5.92 Å². The number of rotatable bonds is 1. The Bertz CT molecular complexity index is 1060. The molecular formula is C18H17N5S. The van der Waals surface area contributed by atoms with Gasteiger partial charge in [-0.05, 0) is 49.8 Å². The monoisotopic (exact) mass is 335 g/mol. The highest BCUT2D eigenvalue weighted by Gasteiger charge is 2.24. The highest BCUT2D eigenvalue weighted by molar-refractivity contribution is 7.19. The van der Waals surface area contributed by atoms with E-state index in [1.54, 1.807) is 12.4 Å². The minimum atomic E-state index is 0.712. The molecule has 5 nitrogen and oxygen atoms in total. The first-order chi connectivity index (χ1) is 11.7. The van der Waals surface area contributed by atoms with Crippen LogP contribution in [0.2, 0.25) is 0 Å². The maximum Gasteiger partial charge on any atom is 0.183 e. The maximum absolute atomic E-state index is 4.86. The summed E-state index contributed by atoms with van der Waals surface area (Å²) in [5, 5.41) is 5.89. The number of hydrogen-bond acceptors (Lipinski definition) is 5. The fourth-order valence-corrected chi connectivity index (χ4v) is 4.82. The van der Waals surface area contributed by atoms with Crippen LogP contribution in [0.25, 0.3) is 27.3 Å².